The minimum Gasteiger partial charge on any atom is -0.324 e. The van der Waals surface area contributed by atoms with E-state index in [2.05, 4.69) is 15.3 Å². The summed E-state index contributed by atoms with van der Waals surface area (Å²) in [5.74, 6) is 0.669. The second-order valence-corrected chi connectivity index (χ2v) is 6.42. The first-order valence-electron chi connectivity index (χ1n) is 7.90. The molecule has 1 aromatic carbocycles. The second-order valence-electron chi connectivity index (χ2n) is 5.98. The molecule has 24 heavy (non-hydrogen) atoms. The Morgan fingerprint density at radius 3 is 3.00 bits per heavy atom. The number of aromatic nitrogens is 2. The number of rotatable bonds is 2. The fourth-order valence-corrected chi connectivity index (χ4v) is 3.17. The molecule has 2 amide bonds. The van der Waals surface area contributed by atoms with Gasteiger partial charge in [-0.3, -0.25) is 4.79 Å². The number of aromatic amines is 1. The molecule has 2 N–H and O–H groups in total. The number of likely N-dealkylation sites (tertiary alicyclic amines) is 1. The van der Waals surface area contributed by atoms with E-state index in [0.717, 1.165) is 18.5 Å². The normalized spacial score (nSPS) is 17.6. The molecule has 0 spiro atoms. The van der Waals surface area contributed by atoms with Gasteiger partial charge in [-0.1, -0.05) is 17.7 Å². The van der Waals surface area contributed by atoms with Gasteiger partial charge in [0.2, 0.25) is 0 Å². The molecule has 1 aliphatic rings. The number of benzene rings is 1. The van der Waals surface area contributed by atoms with Gasteiger partial charge in [0.15, 0.2) is 0 Å². The average molecular weight is 347 g/mol. The third-order valence-corrected chi connectivity index (χ3v) is 4.32. The molecule has 0 bridgehead atoms. The molecule has 1 unspecified atom stereocenters. The fourth-order valence-electron chi connectivity index (χ4n) is 2.98. The highest BCUT2D eigenvalue weighted by Crippen LogP contribution is 2.25. The van der Waals surface area contributed by atoms with Crippen molar-refractivity contribution >= 4 is 23.3 Å². The smallest absolute Gasteiger partial charge is 0.321 e. The lowest BCUT2D eigenvalue weighted by molar-refractivity contribution is 0.192. The monoisotopic (exact) mass is 346 g/mol. The van der Waals surface area contributed by atoms with Crippen molar-refractivity contribution in [3.05, 3.63) is 57.2 Å². The summed E-state index contributed by atoms with van der Waals surface area (Å²) in [4.78, 5) is 32.9. The summed E-state index contributed by atoms with van der Waals surface area (Å²) >= 11 is 5.94. The van der Waals surface area contributed by atoms with Crippen LogP contribution in [0.2, 0.25) is 5.02 Å². The van der Waals surface area contributed by atoms with Crippen LogP contribution in [0.15, 0.2) is 35.1 Å². The number of aryl methyl sites for hydroxylation is 1. The summed E-state index contributed by atoms with van der Waals surface area (Å²) in [6, 6.07) is 8.42. The van der Waals surface area contributed by atoms with E-state index >= 15 is 0 Å². The van der Waals surface area contributed by atoms with Crippen molar-refractivity contribution < 1.29 is 4.79 Å². The molecular weight excluding hydrogens is 328 g/mol. The summed E-state index contributed by atoms with van der Waals surface area (Å²) in [6.45, 7) is 2.99. The third kappa shape index (κ3) is 3.94. The van der Waals surface area contributed by atoms with Crippen LogP contribution in [0.3, 0.4) is 0 Å². The highest BCUT2D eigenvalue weighted by Gasteiger charge is 2.26. The molecular formula is C17H19ClN4O2. The maximum absolute atomic E-state index is 12.5. The molecule has 1 aromatic heterocycles. The Labute approximate surface area is 144 Å². The Balaban J connectivity index is 1.70. The number of hydrogen-bond donors (Lipinski definition) is 2. The molecule has 2 heterocycles. The van der Waals surface area contributed by atoms with Gasteiger partial charge in [0.1, 0.15) is 5.82 Å². The number of anilines is 1. The van der Waals surface area contributed by atoms with Crippen LogP contribution < -0.4 is 10.9 Å². The van der Waals surface area contributed by atoms with Gasteiger partial charge in [-0.15, -0.1) is 0 Å². The predicted octanol–water partition coefficient (Wildman–Crippen LogP) is 3.14. The van der Waals surface area contributed by atoms with Gasteiger partial charge in [0.05, 0.1) is 5.69 Å². The van der Waals surface area contributed by atoms with E-state index in [9.17, 15) is 9.59 Å². The molecule has 126 valence electrons. The Kier molecular flexibility index (Phi) is 4.85. The Bertz CT molecular complexity index is 805. The molecule has 1 atom stereocenters. The summed E-state index contributed by atoms with van der Waals surface area (Å²) in [5, 5.41) is 3.44. The lowest BCUT2D eigenvalue weighted by Crippen LogP contribution is -2.42. The topological polar surface area (TPSA) is 78.1 Å². The summed E-state index contributed by atoms with van der Waals surface area (Å²) in [7, 11) is 0. The zero-order valence-corrected chi connectivity index (χ0v) is 14.1. The van der Waals surface area contributed by atoms with Gasteiger partial charge in [-0.05, 0) is 38.0 Å². The molecule has 7 heteroatoms. The Morgan fingerprint density at radius 2 is 2.25 bits per heavy atom. The molecule has 3 rings (SSSR count). The van der Waals surface area contributed by atoms with E-state index in [4.69, 9.17) is 11.6 Å². The average Bonchev–Trinajstić information content (AvgIpc) is 2.54. The number of halogens is 1. The number of piperidine rings is 1. The molecule has 1 saturated heterocycles. The molecule has 0 saturated carbocycles. The number of carbonyl (C=O) groups is 1. The number of nitrogens with zero attached hydrogens (tertiary/aromatic N) is 2. The van der Waals surface area contributed by atoms with Crippen LogP contribution in [0.25, 0.3) is 0 Å². The number of nitrogens with one attached hydrogen (secondary N) is 2. The van der Waals surface area contributed by atoms with Gasteiger partial charge in [0, 0.05) is 35.8 Å². The minimum absolute atomic E-state index is 0.0739. The van der Waals surface area contributed by atoms with E-state index in [0.29, 0.717) is 29.6 Å². The Morgan fingerprint density at radius 1 is 1.42 bits per heavy atom. The summed E-state index contributed by atoms with van der Waals surface area (Å²) in [5.41, 5.74) is 1.26. The van der Waals surface area contributed by atoms with Crippen molar-refractivity contribution in [3.8, 4) is 0 Å². The van der Waals surface area contributed by atoms with Crippen LogP contribution >= 0.6 is 11.6 Å². The molecule has 0 radical (unpaired) electrons. The van der Waals surface area contributed by atoms with Gasteiger partial charge in [-0.2, -0.15) is 0 Å². The highest BCUT2D eigenvalue weighted by atomic mass is 35.5. The molecule has 1 aliphatic heterocycles. The summed E-state index contributed by atoms with van der Waals surface area (Å²) in [6.07, 6.45) is 1.79. The largest absolute Gasteiger partial charge is 0.324 e. The van der Waals surface area contributed by atoms with Crippen molar-refractivity contribution in [1.29, 1.82) is 0 Å². The first-order chi connectivity index (χ1) is 11.5. The predicted molar refractivity (Wildman–Crippen MR) is 93.6 cm³/mol. The zero-order valence-electron chi connectivity index (χ0n) is 13.4. The maximum atomic E-state index is 12.5. The standard InChI is InChI=1S/C17H19ClN4O2/c1-11-19-15(9-16(23)20-11)12-4-3-7-22(10-12)17(24)21-14-6-2-5-13(18)8-14/h2,5-6,8-9,12H,3-4,7,10H2,1H3,(H,21,24)(H,19,20,23). The number of carbonyl (C=O) groups excluding carboxylic acids is 1. The van der Waals surface area contributed by atoms with Crippen LogP contribution in [-0.4, -0.2) is 34.0 Å². The lowest BCUT2D eigenvalue weighted by atomic mass is 9.94. The third-order valence-electron chi connectivity index (χ3n) is 4.08. The van der Waals surface area contributed by atoms with Crippen molar-refractivity contribution in [2.45, 2.75) is 25.7 Å². The SMILES string of the molecule is Cc1nc(C2CCCN(C(=O)Nc3cccc(Cl)c3)C2)cc(=O)[nH]1. The van der Waals surface area contributed by atoms with E-state index < -0.39 is 0 Å². The van der Waals surface area contributed by atoms with Gasteiger partial charge in [0.25, 0.3) is 5.56 Å². The first kappa shape index (κ1) is 16.5. The molecule has 6 nitrogen and oxygen atoms in total. The van der Waals surface area contributed by atoms with E-state index in [1.807, 2.05) is 0 Å². The van der Waals surface area contributed by atoms with E-state index in [1.165, 1.54) is 6.07 Å². The van der Waals surface area contributed by atoms with Crippen molar-refractivity contribution in [2.75, 3.05) is 18.4 Å². The van der Waals surface area contributed by atoms with Gasteiger partial charge < -0.3 is 15.2 Å². The van der Waals surface area contributed by atoms with Crippen molar-refractivity contribution in [1.82, 2.24) is 14.9 Å². The quantitative estimate of drug-likeness (QED) is 0.876. The lowest BCUT2D eigenvalue weighted by Gasteiger charge is -2.32. The van der Waals surface area contributed by atoms with Crippen molar-refractivity contribution in [2.24, 2.45) is 0 Å². The van der Waals surface area contributed by atoms with Crippen molar-refractivity contribution in [3.63, 3.8) is 0 Å². The summed E-state index contributed by atoms with van der Waals surface area (Å²) < 4.78 is 0. The number of hydrogen-bond acceptors (Lipinski definition) is 3. The minimum atomic E-state index is -0.163. The fraction of sp³-hybridized carbons (Fsp3) is 0.353. The van der Waals surface area contributed by atoms with Crippen LogP contribution in [0.1, 0.15) is 30.3 Å². The number of amides is 2. The molecule has 2 aromatic rings. The van der Waals surface area contributed by atoms with Crippen LogP contribution in [-0.2, 0) is 0 Å². The Hall–Kier alpha value is -2.34. The van der Waals surface area contributed by atoms with E-state index in [-0.39, 0.29) is 17.5 Å². The number of H-pyrrole nitrogens is 1. The van der Waals surface area contributed by atoms with E-state index in [1.54, 1.807) is 36.1 Å². The highest BCUT2D eigenvalue weighted by molar-refractivity contribution is 6.30. The number of urea groups is 1. The second kappa shape index (κ2) is 7.05. The molecule has 0 aliphatic carbocycles. The van der Waals surface area contributed by atoms with Crippen LogP contribution in [0.4, 0.5) is 10.5 Å². The molecule has 1 fully saturated rings. The van der Waals surface area contributed by atoms with Crippen LogP contribution in [0, 0.1) is 6.92 Å². The maximum Gasteiger partial charge on any atom is 0.321 e. The van der Waals surface area contributed by atoms with Crippen LogP contribution in [0.5, 0.6) is 0 Å². The first-order valence-corrected chi connectivity index (χ1v) is 8.28. The van der Waals surface area contributed by atoms with Gasteiger partial charge in [-0.25, -0.2) is 9.78 Å². The van der Waals surface area contributed by atoms with Gasteiger partial charge >= 0.3 is 6.03 Å². The zero-order chi connectivity index (χ0) is 17.1.